The summed E-state index contributed by atoms with van der Waals surface area (Å²) in [5.74, 6) is 0.624. The number of nitrogens with one attached hydrogen (secondary N) is 3. The molecule has 1 aromatic carbocycles. The Morgan fingerprint density at radius 2 is 2.12 bits per heavy atom. The first-order valence-corrected chi connectivity index (χ1v) is 8.45. The molecule has 2 heterocycles. The van der Waals surface area contributed by atoms with E-state index in [9.17, 15) is 4.79 Å². The van der Waals surface area contributed by atoms with Crippen molar-refractivity contribution in [3.05, 3.63) is 36.2 Å². The molecule has 8 nitrogen and oxygen atoms in total. The van der Waals surface area contributed by atoms with Crippen LogP contribution >= 0.6 is 0 Å². The molecule has 1 aromatic heterocycles. The molecular weight excluding hydrogens is 306 g/mol. The number of benzene rings is 1. The molecule has 8 heteroatoms. The average molecular weight is 327 g/mol. The number of rotatable bonds is 4. The summed E-state index contributed by atoms with van der Waals surface area (Å²) < 4.78 is 1.53. The molecule has 4 rings (SSSR count). The van der Waals surface area contributed by atoms with Gasteiger partial charge in [-0.1, -0.05) is 18.9 Å². The van der Waals surface area contributed by atoms with Gasteiger partial charge >= 0.3 is 0 Å². The number of hydrogen-bond acceptors (Lipinski definition) is 6. The van der Waals surface area contributed by atoms with Crippen LogP contribution in [-0.2, 0) is 0 Å². The highest BCUT2D eigenvalue weighted by Crippen LogP contribution is 2.30. The molecule has 2 aliphatic rings. The summed E-state index contributed by atoms with van der Waals surface area (Å²) in [4.78, 5) is 12.5. The van der Waals surface area contributed by atoms with Crippen molar-refractivity contribution in [2.24, 2.45) is 5.92 Å². The van der Waals surface area contributed by atoms with Gasteiger partial charge in [-0.15, -0.1) is 5.10 Å². The van der Waals surface area contributed by atoms with Gasteiger partial charge in [0.2, 0.25) is 0 Å². The largest absolute Gasteiger partial charge is 0.335 e. The standard InChI is InChI=1S/C16H21N7O/c24-16(12-6-3-7-13(8-12)23-10-17-21-22-23)18-15-9-14(19-20-15)11-4-1-2-5-11/h3,6-8,10-11,14-15,19-20H,1-2,4-5,9H2,(H,18,24). The van der Waals surface area contributed by atoms with Gasteiger partial charge < -0.3 is 5.32 Å². The molecule has 1 saturated carbocycles. The van der Waals surface area contributed by atoms with E-state index in [0.29, 0.717) is 11.6 Å². The van der Waals surface area contributed by atoms with Gasteiger partial charge in [0.1, 0.15) is 6.33 Å². The molecule has 3 N–H and O–H groups in total. The number of nitrogens with zero attached hydrogens (tertiary/aromatic N) is 4. The Balaban J connectivity index is 1.39. The second-order valence-corrected chi connectivity index (χ2v) is 6.51. The highest BCUT2D eigenvalue weighted by molar-refractivity contribution is 5.94. The SMILES string of the molecule is O=C(NC1CC(C2CCCC2)NN1)c1cccc(-n2cnnn2)c1. The van der Waals surface area contributed by atoms with Gasteiger partial charge in [-0.25, -0.2) is 10.1 Å². The van der Waals surface area contributed by atoms with E-state index in [2.05, 4.69) is 31.7 Å². The number of tetrazole rings is 1. The maximum absolute atomic E-state index is 12.5. The molecule has 0 bridgehead atoms. The Hall–Kier alpha value is -2.32. The summed E-state index contributed by atoms with van der Waals surface area (Å²) >= 11 is 0. The predicted molar refractivity (Wildman–Crippen MR) is 87.0 cm³/mol. The normalized spacial score (nSPS) is 24.3. The van der Waals surface area contributed by atoms with E-state index in [0.717, 1.165) is 18.0 Å². The molecule has 2 atom stereocenters. The molecule has 0 radical (unpaired) electrons. The zero-order chi connectivity index (χ0) is 16.4. The highest BCUT2D eigenvalue weighted by Gasteiger charge is 2.32. The molecular formula is C16H21N7O. The molecule has 24 heavy (non-hydrogen) atoms. The van der Waals surface area contributed by atoms with Gasteiger partial charge in [-0.05, 0) is 53.8 Å². The topological polar surface area (TPSA) is 96.8 Å². The smallest absolute Gasteiger partial charge is 0.252 e. The number of carbonyl (C=O) groups is 1. The highest BCUT2D eigenvalue weighted by atomic mass is 16.1. The fraction of sp³-hybridized carbons (Fsp3) is 0.500. The Bertz CT molecular complexity index is 696. The second kappa shape index (κ2) is 6.66. The number of carbonyl (C=O) groups excluding carboxylic acids is 1. The summed E-state index contributed by atoms with van der Waals surface area (Å²) in [5.41, 5.74) is 7.90. The minimum atomic E-state index is -0.101. The third-order valence-electron chi connectivity index (χ3n) is 4.93. The molecule has 2 aromatic rings. The van der Waals surface area contributed by atoms with E-state index in [4.69, 9.17) is 0 Å². The van der Waals surface area contributed by atoms with E-state index < -0.39 is 0 Å². The van der Waals surface area contributed by atoms with E-state index in [1.807, 2.05) is 12.1 Å². The monoisotopic (exact) mass is 327 g/mol. The first kappa shape index (κ1) is 15.2. The maximum atomic E-state index is 12.5. The first-order valence-electron chi connectivity index (χ1n) is 8.45. The van der Waals surface area contributed by atoms with Crippen molar-refractivity contribution in [2.75, 3.05) is 0 Å². The molecule has 126 valence electrons. The van der Waals surface area contributed by atoms with Crippen molar-refractivity contribution < 1.29 is 4.79 Å². The van der Waals surface area contributed by atoms with E-state index in [1.165, 1.54) is 36.7 Å². The summed E-state index contributed by atoms with van der Waals surface area (Å²) in [5, 5.41) is 14.1. The van der Waals surface area contributed by atoms with Gasteiger partial charge in [0, 0.05) is 11.6 Å². The maximum Gasteiger partial charge on any atom is 0.252 e. The Morgan fingerprint density at radius 3 is 2.92 bits per heavy atom. The first-order chi connectivity index (χ1) is 11.8. The zero-order valence-electron chi connectivity index (χ0n) is 13.4. The minimum Gasteiger partial charge on any atom is -0.335 e. The van der Waals surface area contributed by atoms with E-state index in [-0.39, 0.29) is 12.1 Å². The predicted octanol–water partition coefficient (Wildman–Crippen LogP) is 0.775. The lowest BCUT2D eigenvalue weighted by Gasteiger charge is -2.16. The fourth-order valence-corrected chi connectivity index (χ4v) is 3.66. The van der Waals surface area contributed by atoms with Crippen LogP contribution < -0.4 is 16.2 Å². The van der Waals surface area contributed by atoms with Gasteiger partial charge in [0.15, 0.2) is 0 Å². The summed E-state index contributed by atoms with van der Waals surface area (Å²) in [6, 6.07) is 7.71. The number of amides is 1. The molecule has 2 unspecified atom stereocenters. The zero-order valence-corrected chi connectivity index (χ0v) is 13.4. The average Bonchev–Trinajstić information content (AvgIpc) is 3.36. The van der Waals surface area contributed by atoms with Crippen LogP contribution in [0.5, 0.6) is 0 Å². The third-order valence-corrected chi connectivity index (χ3v) is 4.93. The molecule has 1 amide bonds. The summed E-state index contributed by atoms with van der Waals surface area (Å²) in [6.07, 6.45) is 7.60. The van der Waals surface area contributed by atoms with Crippen LogP contribution in [0.4, 0.5) is 0 Å². The lowest BCUT2D eigenvalue weighted by Crippen LogP contribution is -2.44. The summed E-state index contributed by atoms with van der Waals surface area (Å²) in [7, 11) is 0. The number of hydrogen-bond donors (Lipinski definition) is 3. The van der Waals surface area contributed by atoms with Crippen LogP contribution in [0.3, 0.4) is 0 Å². The summed E-state index contributed by atoms with van der Waals surface area (Å²) in [6.45, 7) is 0. The van der Waals surface area contributed by atoms with Crippen molar-refractivity contribution >= 4 is 5.91 Å². The molecule has 0 spiro atoms. The van der Waals surface area contributed by atoms with Gasteiger partial charge in [-0.3, -0.25) is 10.2 Å². The van der Waals surface area contributed by atoms with Gasteiger partial charge in [0.05, 0.1) is 11.9 Å². The van der Waals surface area contributed by atoms with Gasteiger partial charge in [0.25, 0.3) is 5.91 Å². The number of aromatic nitrogens is 4. The molecule has 2 fully saturated rings. The van der Waals surface area contributed by atoms with E-state index >= 15 is 0 Å². The third kappa shape index (κ3) is 3.15. The molecule has 1 saturated heterocycles. The minimum absolute atomic E-state index is 0.0419. The Kier molecular flexibility index (Phi) is 4.22. The molecule has 1 aliphatic heterocycles. The lowest BCUT2D eigenvalue weighted by atomic mass is 9.96. The lowest BCUT2D eigenvalue weighted by molar-refractivity contribution is 0.0932. The molecule has 1 aliphatic carbocycles. The van der Waals surface area contributed by atoms with Gasteiger partial charge in [-0.2, -0.15) is 0 Å². The second-order valence-electron chi connectivity index (χ2n) is 6.51. The number of hydrazine groups is 1. The van der Waals surface area contributed by atoms with Crippen molar-refractivity contribution in [1.82, 2.24) is 36.4 Å². The Labute approximate surface area is 140 Å². The van der Waals surface area contributed by atoms with Crippen LogP contribution in [0, 0.1) is 5.92 Å². The van der Waals surface area contributed by atoms with E-state index in [1.54, 1.807) is 12.1 Å². The van der Waals surface area contributed by atoms with Crippen LogP contribution in [0.25, 0.3) is 5.69 Å². The van der Waals surface area contributed by atoms with Crippen molar-refractivity contribution in [3.8, 4) is 5.69 Å². The van der Waals surface area contributed by atoms with Crippen LogP contribution in [0.1, 0.15) is 42.5 Å². The van der Waals surface area contributed by atoms with Crippen LogP contribution in [0.15, 0.2) is 30.6 Å². The van der Waals surface area contributed by atoms with Crippen molar-refractivity contribution in [2.45, 2.75) is 44.3 Å². The van der Waals surface area contributed by atoms with Crippen molar-refractivity contribution in [3.63, 3.8) is 0 Å². The fourth-order valence-electron chi connectivity index (χ4n) is 3.66. The Morgan fingerprint density at radius 1 is 1.25 bits per heavy atom. The van der Waals surface area contributed by atoms with Crippen LogP contribution in [0.2, 0.25) is 0 Å². The van der Waals surface area contributed by atoms with Crippen molar-refractivity contribution in [1.29, 1.82) is 0 Å². The van der Waals surface area contributed by atoms with Crippen LogP contribution in [-0.4, -0.2) is 38.3 Å². The quantitative estimate of drug-likeness (QED) is 0.768.